The van der Waals surface area contributed by atoms with Crippen molar-refractivity contribution in [3.63, 3.8) is 0 Å². The second-order valence-electron chi connectivity index (χ2n) is 3.87. The highest BCUT2D eigenvalue weighted by Crippen LogP contribution is 2.14. The van der Waals surface area contributed by atoms with Crippen LogP contribution in [0.25, 0.3) is 0 Å². The average Bonchev–Trinajstić information content (AvgIpc) is 2.27. The molecule has 0 aromatic heterocycles. The Morgan fingerprint density at radius 1 is 1.35 bits per heavy atom. The molecule has 5 nitrogen and oxygen atoms in total. The molecule has 17 heavy (non-hydrogen) atoms. The van der Waals surface area contributed by atoms with E-state index in [1.54, 1.807) is 0 Å². The molecule has 0 saturated carbocycles. The minimum Gasteiger partial charge on any atom is -0.326 e. The minimum absolute atomic E-state index is 0.0269. The lowest BCUT2D eigenvalue weighted by Gasteiger charge is -2.10. The third-order valence-corrected chi connectivity index (χ3v) is 3.44. The number of amides is 1. The van der Waals surface area contributed by atoms with Gasteiger partial charge in [-0.1, -0.05) is 13.8 Å². The Morgan fingerprint density at radius 2 is 1.88 bits per heavy atom. The highest BCUT2D eigenvalue weighted by molar-refractivity contribution is 7.89. The average molecular weight is 256 g/mol. The van der Waals surface area contributed by atoms with Crippen LogP contribution in [0.5, 0.6) is 0 Å². The fraction of sp³-hybridized carbons (Fsp3) is 0.364. The second kappa shape index (κ2) is 5.29. The van der Waals surface area contributed by atoms with Gasteiger partial charge in [-0.05, 0) is 30.7 Å². The maximum absolute atomic E-state index is 11.6. The van der Waals surface area contributed by atoms with Crippen molar-refractivity contribution in [3.8, 4) is 0 Å². The summed E-state index contributed by atoms with van der Waals surface area (Å²) in [4.78, 5) is 11.6. The quantitative estimate of drug-likeness (QED) is 0.851. The van der Waals surface area contributed by atoms with Gasteiger partial charge in [0.1, 0.15) is 0 Å². The SMILES string of the molecule is CC[C@H](C)C(=O)Nc1ccc(S(N)(=O)=O)cc1. The zero-order valence-electron chi connectivity index (χ0n) is 9.80. The molecule has 94 valence electrons. The van der Waals surface area contributed by atoms with Crippen LogP contribution in [0.3, 0.4) is 0 Å². The van der Waals surface area contributed by atoms with E-state index in [0.717, 1.165) is 6.42 Å². The first kappa shape index (κ1) is 13.7. The summed E-state index contributed by atoms with van der Waals surface area (Å²) < 4.78 is 22.0. The summed E-state index contributed by atoms with van der Waals surface area (Å²) in [5.74, 6) is -0.163. The van der Waals surface area contributed by atoms with E-state index in [4.69, 9.17) is 5.14 Å². The maximum Gasteiger partial charge on any atom is 0.238 e. The van der Waals surface area contributed by atoms with Crippen LogP contribution in [-0.2, 0) is 14.8 Å². The van der Waals surface area contributed by atoms with E-state index in [2.05, 4.69) is 5.32 Å². The minimum atomic E-state index is -3.68. The van der Waals surface area contributed by atoms with Gasteiger partial charge in [-0.25, -0.2) is 13.6 Å². The van der Waals surface area contributed by atoms with Crippen molar-refractivity contribution in [2.75, 3.05) is 5.32 Å². The van der Waals surface area contributed by atoms with Crippen molar-refractivity contribution >= 4 is 21.6 Å². The second-order valence-corrected chi connectivity index (χ2v) is 5.43. The predicted molar refractivity (Wildman–Crippen MR) is 65.9 cm³/mol. The van der Waals surface area contributed by atoms with Crippen molar-refractivity contribution in [2.45, 2.75) is 25.2 Å². The number of rotatable bonds is 4. The third kappa shape index (κ3) is 3.83. The fourth-order valence-electron chi connectivity index (χ4n) is 1.18. The van der Waals surface area contributed by atoms with Gasteiger partial charge in [-0.2, -0.15) is 0 Å². The topological polar surface area (TPSA) is 89.3 Å². The fourth-order valence-corrected chi connectivity index (χ4v) is 1.69. The smallest absolute Gasteiger partial charge is 0.238 e. The van der Waals surface area contributed by atoms with E-state index < -0.39 is 10.0 Å². The van der Waals surface area contributed by atoms with E-state index in [1.807, 2.05) is 13.8 Å². The molecular formula is C11H16N2O3S. The van der Waals surface area contributed by atoms with Crippen molar-refractivity contribution in [3.05, 3.63) is 24.3 Å². The van der Waals surface area contributed by atoms with Gasteiger partial charge >= 0.3 is 0 Å². The van der Waals surface area contributed by atoms with E-state index in [0.29, 0.717) is 5.69 Å². The number of benzene rings is 1. The molecular weight excluding hydrogens is 240 g/mol. The van der Waals surface area contributed by atoms with E-state index in [-0.39, 0.29) is 16.7 Å². The Balaban J connectivity index is 2.79. The van der Waals surface area contributed by atoms with Crippen molar-refractivity contribution < 1.29 is 13.2 Å². The lowest BCUT2D eigenvalue weighted by molar-refractivity contribution is -0.119. The lowest BCUT2D eigenvalue weighted by Crippen LogP contribution is -2.19. The van der Waals surface area contributed by atoms with Gasteiger partial charge in [0.15, 0.2) is 0 Å². The first-order valence-electron chi connectivity index (χ1n) is 5.28. The van der Waals surface area contributed by atoms with Crippen molar-refractivity contribution in [1.29, 1.82) is 0 Å². The molecule has 0 aliphatic carbocycles. The number of hydrogen-bond donors (Lipinski definition) is 2. The van der Waals surface area contributed by atoms with Gasteiger partial charge < -0.3 is 5.32 Å². The summed E-state index contributed by atoms with van der Waals surface area (Å²) in [5.41, 5.74) is 0.558. The summed E-state index contributed by atoms with van der Waals surface area (Å²) in [5, 5.41) is 7.66. The zero-order chi connectivity index (χ0) is 13.1. The molecule has 1 rings (SSSR count). The molecule has 0 saturated heterocycles. The molecule has 0 aliphatic heterocycles. The molecule has 0 unspecified atom stereocenters. The molecule has 1 aromatic carbocycles. The molecule has 6 heteroatoms. The summed E-state index contributed by atoms with van der Waals surface area (Å²) in [6.45, 7) is 3.75. The van der Waals surface area contributed by atoms with Gasteiger partial charge in [0.2, 0.25) is 15.9 Å². The number of anilines is 1. The zero-order valence-corrected chi connectivity index (χ0v) is 10.6. The summed E-state index contributed by atoms with van der Waals surface area (Å²) in [6, 6.07) is 5.75. The number of hydrogen-bond acceptors (Lipinski definition) is 3. The van der Waals surface area contributed by atoms with E-state index in [1.165, 1.54) is 24.3 Å². The van der Waals surface area contributed by atoms with Crippen LogP contribution in [0.4, 0.5) is 5.69 Å². The Morgan fingerprint density at radius 3 is 2.29 bits per heavy atom. The van der Waals surface area contributed by atoms with Gasteiger partial charge in [0.05, 0.1) is 4.90 Å². The lowest BCUT2D eigenvalue weighted by atomic mass is 10.1. The molecule has 1 amide bonds. The molecule has 0 aliphatic rings. The number of carbonyl (C=O) groups excluding carboxylic acids is 1. The third-order valence-electron chi connectivity index (χ3n) is 2.51. The number of carbonyl (C=O) groups is 1. The molecule has 3 N–H and O–H groups in total. The van der Waals surface area contributed by atoms with Crippen LogP contribution in [0.15, 0.2) is 29.2 Å². The monoisotopic (exact) mass is 256 g/mol. The normalized spacial score (nSPS) is 13.1. The Bertz CT molecular complexity index is 494. The predicted octanol–water partition coefficient (Wildman–Crippen LogP) is 1.32. The Kier molecular flexibility index (Phi) is 4.25. The van der Waals surface area contributed by atoms with E-state index >= 15 is 0 Å². The Labute approximate surface area is 101 Å². The summed E-state index contributed by atoms with van der Waals surface area (Å²) >= 11 is 0. The molecule has 1 atom stereocenters. The number of sulfonamides is 1. The van der Waals surface area contributed by atoms with E-state index in [9.17, 15) is 13.2 Å². The molecule has 0 spiro atoms. The first-order chi connectivity index (χ1) is 7.84. The summed E-state index contributed by atoms with van der Waals surface area (Å²) in [7, 11) is -3.68. The first-order valence-corrected chi connectivity index (χ1v) is 6.83. The van der Waals surface area contributed by atoms with Crippen LogP contribution in [0, 0.1) is 5.92 Å². The number of primary sulfonamides is 1. The van der Waals surface area contributed by atoms with Gasteiger partial charge in [-0.3, -0.25) is 4.79 Å². The maximum atomic E-state index is 11.6. The van der Waals surface area contributed by atoms with Crippen molar-refractivity contribution in [1.82, 2.24) is 0 Å². The number of nitrogens with one attached hydrogen (secondary N) is 1. The molecule has 1 aromatic rings. The largest absolute Gasteiger partial charge is 0.326 e. The van der Waals surface area contributed by atoms with Crippen LogP contribution >= 0.6 is 0 Å². The molecule has 0 heterocycles. The van der Waals surface area contributed by atoms with Gasteiger partial charge in [0.25, 0.3) is 0 Å². The molecule has 0 bridgehead atoms. The van der Waals surface area contributed by atoms with Crippen molar-refractivity contribution in [2.24, 2.45) is 11.1 Å². The highest BCUT2D eigenvalue weighted by Gasteiger charge is 2.11. The van der Waals surface area contributed by atoms with Crippen LogP contribution in [0.1, 0.15) is 20.3 Å². The van der Waals surface area contributed by atoms with Gasteiger partial charge in [-0.15, -0.1) is 0 Å². The Hall–Kier alpha value is -1.40. The van der Waals surface area contributed by atoms with Crippen LogP contribution < -0.4 is 10.5 Å². The standard InChI is InChI=1S/C11H16N2O3S/c1-3-8(2)11(14)13-9-4-6-10(7-5-9)17(12,15)16/h4-8H,3H2,1-2H3,(H,13,14)(H2,12,15,16)/t8-/m0/s1. The highest BCUT2D eigenvalue weighted by atomic mass is 32.2. The summed E-state index contributed by atoms with van der Waals surface area (Å²) in [6.07, 6.45) is 0.751. The van der Waals surface area contributed by atoms with Crippen LogP contribution in [-0.4, -0.2) is 14.3 Å². The molecule has 0 fully saturated rings. The number of nitrogens with two attached hydrogens (primary N) is 1. The van der Waals surface area contributed by atoms with Crippen LogP contribution in [0.2, 0.25) is 0 Å². The van der Waals surface area contributed by atoms with Gasteiger partial charge in [0, 0.05) is 11.6 Å². The molecule has 0 radical (unpaired) electrons.